The van der Waals surface area contributed by atoms with Crippen molar-refractivity contribution in [3.05, 3.63) is 56.9 Å². The molecule has 0 fully saturated rings. The predicted molar refractivity (Wildman–Crippen MR) is 66.6 cm³/mol. The average Bonchev–Trinajstić information content (AvgIpc) is 2.74. The van der Waals surface area contributed by atoms with Gasteiger partial charge in [0.15, 0.2) is 0 Å². The number of halogens is 2. The van der Waals surface area contributed by atoms with Crippen LogP contribution < -0.4 is 5.73 Å². The van der Waals surface area contributed by atoms with E-state index >= 15 is 0 Å². The zero-order valence-corrected chi connectivity index (χ0v) is 11.0. The Morgan fingerprint density at radius 3 is 2.67 bits per heavy atom. The van der Waals surface area contributed by atoms with Gasteiger partial charge in [-0.25, -0.2) is 0 Å². The highest BCUT2D eigenvalue weighted by Crippen LogP contribution is 2.29. The molecule has 0 bridgehead atoms. The minimum absolute atomic E-state index is 0.244. The van der Waals surface area contributed by atoms with Crippen LogP contribution in [0.2, 0.25) is 0 Å². The number of nitrogens with two attached hydrogens (primary N) is 1. The normalized spacial score (nSPS) is 12.7. The molecule has 0 aliphatic heterocycles. The summed E-state index contributed by atoms with van der Waals surface area (Å²) in [4.78, 5) is 0. The van der Waals surface area contributed by atoms with Crippen molar-refractivity contribution in [2.24, 2.45) is 5.73 Å². The van der Waals surface area contributed by atoms with Gasteiger partial charge in [-0.15, -0.1) is 0 Å². The summed E-state index contributed by atoms with van der Waals surface area (Å²) in [5, 5.41) is 0. The fraction of sp³-hybridized carbons (Fsp3) is 0.0909. The van der Waals surface area contributed by atoms with Crippen molar-refractivity contribution in [2.75, 3.05) is 0 Å². The second kappa shape index (κ2) is 4.51. The Hall–Kier alpha value is -0.580. The lowest BCUT2D eigenvalue weighted by atomic mass is 10.1. The molecule has 0 aliphatic rings. The van der Waals surface area contributed by atoms with Crippen LogP contribution >= 0.6 is 31.9 Å². The fourth-order valence-electron chi connectivity index (χ4n) is 1.37. The highest BCUT2D eigenvalue weighted by atomic mass is 79.9. The molecular formula is C11H9Br2NO. The van der Waals surface area contributed by atoms with Crippen LogP contribution in [0.15, 0.2) is 50.0 Å². The van der Waals surface area contributed by atoms with E-state index in [0.29, 0.717) is 0 Å². The first kappa shape index (κ1) is 10.9. The monoisotopic (exact) mass is 329 g/mol. The Morgan fingerprint density at radius 2 is 2.00 bits per heavy atom. The minimum atomic E-state index is -0.244. The van der Waals surface area contributed by atoms with Crippen LogP contribution in [-0.2, 0) is 0 Å². The van der Waals surface area contributed by atoms with E-state index in [1.54, 1.807) is 6.26 Å². The van der Waals surface area contributed by atoms with Gasteiger partial charge in [0, 0.05) is 8.95 Å². The summed E-state index contributed by atoms with van der Waals surface area (Å²) >= 11 is 6.89. The summed E-state index contributed by atoms with van der Waals surface area (Å²) in [5.74, 6) is 0.758. The first-order valence-electron chi connectivity index (χ1n) is 4.42. The van der Waals surface area contributed by atoms with E-state index in [0.717, 1.165) is 20.3 Å². The van der Waals surface area contributed by atoms with Crippen LogP contribution in [-0.4, -0.2) is 0 Å². The van der Waals surface area contributed by atoms with Crippen LogP contribution in [0, 0.1) is 0 Å². The van der Waals surface area contributed by atoms with Gasteiger partial charge in [0.1, 0.15) is 5.76 Å². The lowest BCUT2D eigenvalue weighted by Crippen LogP contribution is -2.11. The Morgan fingerprint density at radius 1 is 1.20 bits per heavy atom. The number of furan rings is 1. The van der Waals surface area contributed by atoms with E-state index in [-0.39, 0.29) is 6.04 Å². The van der Waals surface area contributed by atoms with Crippen molar-refractivity contribution in [2.45, 2.75) is 6.04 Å². The first-order valence-corrected chi connectivity index (χ1v) is 6.01. The van der Waals surface area contributed by atoms with Crippen LogP contribution in [0.3, 0.4) is 0 Å². The topological polar surface area (TPSA) is 39.2 Å². The third kappa shape index (κ3) is 2.33. The molecule has 1 atom stereocenters. The molecule has 0 saturated carbocycles. The Bertz CT molecular complexity index is 454. The number of hydrogen-bond donors (Lipinski definition) is 1. The molecule has 0 aliphatic carbocycles. The third-order valence-electron chi connectivity index (χ3n) is 2.14. The van der Waals surface area contributed by atoms with Crippen LogP contribution in [0.4, 0.5) is 0 Å². The lowest BCUT2D eigenvalue weighted by Gasteiger charge is -2.11. The highest BCUT2D eigenvalue weighted by Gasteiger charge is 2.14. The zero-order valence-electron chi connectivity index (χ0n) is 7.78. The molecule has 78 valence electrons. The van der Waals surface area contributed by atoms with E-state index in [9.17, 15) is 0 Å². The second-order valence-corrected chi connectivity index (χ2v) is 4.93. The molecule has 0 saturated heterocycles. The van der Waals surface area contributed by atoms with E-state index in [2.05, 4.69) is 31.9 Å². The van der Waals surface area contributed by atoms with Crippen molar-refractivity contribution in [3.63, 3.8) is 0 Å². The Labute approximate surface area is 105 Å². The van der Waals surface area contributed by atoms with Crippen molar-refractivity contribution in [1.82, 2.24) is 0 Å². The van der Waals surface area contributed by atoms with Gasteiger partial charge in [0.05, 0.1) is 12.3 Å². The molecule has 2 rings (SSSR count). The summed E-state index contributed by atoms with van der Waals surface area (Å²) in [6.45, 7) is 0. The van der Waals surface area contributed by atoms with Gasteiger partial charge in [-0.2, -0.15) is 0 Å². The standard InChI is InChI=1S/C11H9Br2NO/c12-7-3-4-9(13)8(6-7)11(14)10-2-1-5-15-10/h1-6,11H,14H2. The van der Waals surface area contributed by atoms with E-state index in [4.69, 9.17) is 10.2 Å². The Kier molecular flexibility index (Phi) is 3.29. The molecule has 15 heavy (non-hydrogen) atoms. The number of benzene rings is 1. The summed E-state index contributed by atoms with van der Waals surface area (Å²) < 4.78 is 7.27. The smallest absolute Gasteiger partial charge is 0.125 e. The SMILES string of the molecule is NC(c1ccco1)c1cc(Br)ccc1Br. The summed E-state index contributed by atoms with van der Waals surface area (Å²) in [7, 11) is 0. The van der Waals surface area contributed by atoms with E-state index in [1.165, 1.54) is 0 Å². The molecule has 0 spiro atoms. The van der Waals surface area contributed by atoms with Crippen molar-refractivity contribution in [3.8, 4) is 0 Å². The molecule has 4 heteroatoms. The molecule has 0 radical (unpaired) electrons. The quantitative estimate of drug-likeness (QED) is 0.908. The largest absolute Gasteiger partial charge is 0.467 e. The third-order valence-corrected chi connectivity index (χ3v) is 3.36. The minimum Gasteiger partial charge on any atom is -0.467 e. The van der Waals surface area contributed by atoms with E-state index < -0.39 is 0 Å². The van der Waals surface area contributed by atoms with Crippen molar-refractivity contribution < 1.29 is 4.42 Å². The van der Waals surface area contributed by atoms with Crippen molar-refractivity contribution in [1.29, 1.82) is 0 Å². The molecule has 1 heterocycles. The fourth-order valence-corrected chi connectivity index (χ4v) is 2.25. The summed E-state index contributed by atoms with van der Waals surface area (Å²) in [6.07, 6.45) is 1.63. The lowest BCUT2D eigenvalue weighted by molar-refractivity contribution is 0.489. The number of hydrogen-bond acceptors (Lipinski definition) is 2. The molecule has 2 aromatic rings. The van der Waals surface area contributed by atoms with Crippen LogP contribution in [0.1, 0.15) is 17.4 Å². The molecule has 1 aromatic heterocycles. The van der Waals surface area contributed by atoms with Gasteiger partial charge in [0.25, 0.3) is 0 Å². The van der Waals surface area contributed by atoms with Crippen molar-refractivity contribution >= 4 is 31.9 Å². The highest BCUT2D eigenvalue weighted by molar-refractivity contribution is 9.11. The molecule has 2 N–H and O–H groups in total. The van der Waals surface area contributed by atoms with Crippen LogP contribution in [0.5, 0.6) is 0 Å². The van der Waals surface area contributed by atoms with E-state index in [1.807, 2.05) is 30.3 Å². The summed E-state index contributed by atoms with van der Waals surface area (Å²) in [5.41, 5.74) is 7.09. The zero-order chi connectivity index (χ0) is 10.8. The van der Waals surface area contributed by atoms with Crippen LogP contribution in [0.25, 0.3) is 0 Å². The van der Waals surface area contributed by atoms with Gasteiger partial charge in [-0.3, -0.25) is 0 Å². The second-order valence-electron chi connectivity index (χ2n) is 3.16. The van der Waals surface area contributed by atoms with Gasteiger partial charge in [-0.05, 0) is 35.9 Å². The average molecular weight is 331 g/mol. The Balaban J connectivity index is 2.41. The molecule has 1 unspecified atom stereocenters. The predicted octanol–water partition coefficient (Wildman–Crippen LogP) is 3.85. The maximum absolute atomic E-state index is 6.09. The molecule has 1 aromatic carbocycles. The maximum Gasteiger partial charge on any atom is 0.125 e. The maximum atomic E-state index is 6.09. The molecule has 0 amide bonds. The summed E-state index contributed by atoms with van der Waals surface area (Å²) in [6, 6.07) is 9.37. The van der Waals surface area contributed by atoms with Gasteiger partial charge >= 0.3 is 0 Å². The van der Waals surface area contributed by atoms with Gasteiger partial charge in [-0.1, -0.05) is 31.9 Å². The first-order chi connectivity index (χ1) is 7.18. The van der Waals surface area contributed by atoms with Gasteiger partial charge < -0.3 is 10.2 Å². The number of rotatable bonds is 2. The molecule has 2 nitrogen and oxygen atoms in total. The molecular weight excluding hydrogens is 322 g/mol. The van der Waals surface area contributed by atoms with Gasteiger partial charge in [0.2, 0.25) is 0 Å².